The minimum atomic E-state index is -0.533. The normalized spacial score (nSPS) is 12.0. The number of carbonyl (C=O) groups excluding carboxylic acids is 1. The van der Waals surface area contributed by atoms with E-state index < -0.39 is 6.04 Å². The van der Waals surface area contributed by atoms with Gasteiger partial charge in [0.15, 0.2) is 0 Å². The van der Waals surface area contributed by atoms with E-state index in [-0.39, 0.29) is 18.4 Å². The lowest BCUT2D eigenvalue weighted by Gasteiger charge is -2.16. The number of likely N-dealkylation sites (N-methyl/N-ethyl adjacent to an activating group) is 1. The predicted molar refractivity (Wildman–Crippen MR) is 66.1 cm³/mol. The van der Waals surface area contributed by atoms with Crippen molar-refractivity contribution in [3.8, 4) is 5.75 Å². The van der Waals surface area contributed by atoms with Crippen LogP contribution in [0.3, 0.4) is 0 Å². The first-order chi connectivity index (χ1) is 8.58. The third kappa shape index (κ3) is 4.00. The van der Waals surface area contributed by atoms with Crippen LogP contribution in [0.15, 0.2) is 18.2 Å². The molecule has 0 radical (unpaired) electrons. The van der Waals surface area contributed by atoms with Crippen LogP contribution in [-0.4, -0.2) is 32.3 Å². The molecule has 1 unspecified atom stereocenters. The van der Waals surface area contributed by atoms with Crippen molar-refractivity contribution in [2.24, 2.45) is 0 Å². The van der Waals surface area contributed by atoms with Gasteiger partial charge >= 0.3 is 5.97 Å². The molecule has 1 N–H and O–H groups in total. The molecule has 0 aliphatic rings. The van der Waals surface area contributed by atoms with Gasteiger partial charge in [-0.2, -0.15) is 0 Å². The molecule has 18 heavy (non-hydrogen) atoms. The molecular formula is C13H18FNO3. The molecule has 5 heteroatoms. The Morgan fingerprint density at radius 2 is 2.22 bits per heavy atom. The average Bonchev–Trinajstić information content (AvgIpc) is 2.32. The number of aryl methyl sites for hydroxylation is 1. The molecule has 1 aromatic carbocycles. The Kier molecular flexibility index (Phi) is 5.58. The van der Waals surface area contributed by atoms with Crippen molar-refractivity contribution in [2.75, 3.05) is 20.3 Å². The topological polar surface area (TPSA) is 47.6 Å². The molecule has 0 fully saturated rings. The third-order valence-electron chi connectivity index (χ3n) is 2.46. The Hall–Kier alpha value is -1.62. The van der Waals surface area contributed by atoms with E-state index in [0.717, 1.165) is 0 Å². The summed E-state index contributed by atoms with van der Waals surface area (Å²) in [6, 6.07) is 3.71. The van der Waals surface area contributed by atoms with Gasteiger partial charge in [-0.05, 0) is 44.7 Å². The molecule has 0 saturated carbocycles. The number of rotatable bonds is 6. The monoisotopic (exact) mass is 255 g/mol. The molecule has 0 aliphatic heterocycles. The first kappa shape index (κ1) is 14.4. The highest BCUT2D eigenvalue weighted by atomic mass is 19.1. The van der Waals surface area contributed by atoms with E-state index in [1.54, 1.807) is 27.0 Å². The largest absolute Gasteiger partial charge is 0.491 e. The van der Waals surface area contributed by atoms with Gasteiger partial charge in [-0.3, -0.25) is 4.79 Å². The molecule has 0 spiro atoms. The van der Waals surface area contributed by atoms with E-state index in [9.17, 15) is 9.18 Å². The fourth-order valence-corrected chi connectivity index (χ4v) is 1.46. The first-order valence-electron chi connectivity index (χ1n) is 5.81. The van der Waals surface area contributed by atoms with Crippen LogP contribution in [-0.2, 0) is 9.53 Å². The Morgan fingerprint density at radius 3 is 2.78 bits per heavy atom. The summed E-state index contributed by atoms with van der Waals surface area (Å²) >= 11 is 0. The van der Waals surface area contributed by atoms with Gasteiger partial charge in [0, 0.05) is 0 Å². The summed E-state index contributed by atoms with van der Waals surface area (Å²) in [4.78, 5) is 11.5. The lowest BCUT2D eigenvalue weighted by molar-refractivity contribution is -0.146. The predicted octanol–water partition coefficient (Wildman–Crippen LogP) is 1.66. The minimum Gasteiger partial charge on any atom is -0.491 e. The second-order valence-corrected chi connectivity index (χ2v) is 3.81. The van der Waals surface area contributed by atoms with Crippen molar-refractivity contribution in [3.63, 3.8) is 0 Å². The quantitative estimate of drug-likeness (QED) is 0.785. The maximum absolute atomic E-state index is 12.9. The van der Waals surface area contributed by atoms with Crippen LogP contribution in [0.4, 0.5) is 4.39 Å². The highest BCUT2D eigenvalue weighted by molar-refractivity contribution is 5.75. The summed E-state index contributed by atoms with van der Waals surface area (Å²) in [5.74, 6) is -0.115. The third-order valence-corrected chi connectivity index (χ3v) is 2.46. The Balaban J connectivity index is 2.59. The van der Waals surface area contributed by atoms with Gasteiger partial charge in [0.1, 0.15) is 24.2 Å². The lowest BCUT2D eigenvalue weighted by Crippen LogP contribution is -2.40. The molecule has 1 atom stereocenters. The smallest absolute Gasteiger partial charge is 0.326 e. The van der Waals surface area contributed by atoms with E-state index in [2.05, 4.69) is 5.32 Å². The first-order valence-corrected chi connectivity index (χ1v) is 5.81. The van der Waals surface area contributed by atoms with Crippen LogP contribution >= 0.6 is 0 Å². The summed E-state index contributed by atoms with van der Waals surface area (Å²) in [6.07, 6.45) is 0. The van der Waals surface area contributed by atoms with Gasteiger partial charge in [-0.1, -0.05) is 0 Å². The van der Waals surface area contributed by atoms with Crippen LogP contribution in [0.1, 0.15) is 12.5 Å². The molecule has 0 saturated heterocycles. The number of ether oxygens (including phenoxy) is 2. The Labute approximate surface area is 106 Å². The molecule has 0 amide bonds. The van der Waals surface area contributed by atoms with Gasteiger partial charge in [0.2, 0.25) is 0 Å². The number of halogens is 1. The fourth-order valence-electron chi connectivity index (χ4n) is 1.46. The number of nitrogens with one attached hydrogen (secondary N) is 1. The molecule has 1 rings (SSSR count). The second kappa shape index (κ2) is 6.96. The molecule has 1 aromatic rings. The second-order valence-electron chi connectivity index (χ2n) is 3.81. The van der Waals surface area contributed by atoms with Crippen LogP contribution in [0, 0.1) is 12.7 Å². The lowest BCUT2D eigenvalue weighted by atomic mass is 10.2. The zero-order valence-corrected chi connectivity index (χ0v) is 10.8. The number of esters is 1. The van der Waals surface area contributed by atoms with Crippen LogP contribution < -0.4 is 10.1 Å². The number of hydrogen-bond donors (Lipinski definition) is 1. The van der Waals surface area contributed by atoms with Gasteiger partial charge in [-0.15, -0.1) is 0 Å². The maximum atomic E-state index is 12.9. The van der Waals surface area contributed by atoms with E-state index in [0.29, 0.717) is 17.9 Å². The fraction of sp³-hybridized carbons (Fsp3) is 0.462. The molecule has 0 heterocycles. The zero-order valence-electron chi connectivity index (χ0n) is 10.8. The van der Waals surface area contributed by atoms with Gasteiger partial charge in [0.05, 0.1) is 6.61 Å². The van der Waals surface area contributed by atoms with Crippen molar-refractivity contribution in [1.82, 2.24) is 5.32 Å². The molecule has 0 aliphatic carbocycles. The van der Waals surface area contributed by atoms with Crippen LogP contribution in [0.2, 0.25) is 0 Å². The van der Waals surface area contributed by atoms with E-state index in [1.165, 1.54) is 12.1 Å². The van der Waals surface area contributed by atoms with Crippen molar-refractivity contribution < 1.29 is 18.7 Å². The highest BCUT2D eigenvalue weighted by Crippen LogP contribution is 2.18. The maximum Gasteiger partial charge on any atom is 0.326 e. The molecule has 0 aromatic heterocycles. The van der Waals surface area contributed by atoms with Crippen LogP contribution in [0.25, 0.3) is 0 Å². The zero-order chi connectivity index (χ0) is 13.5. The molecule has 4 nitrogen and oxygen atoms in total. The summed E-state index contributed by atoms with van der Waals surface area (Å²) in [6.45, 7) is 3.96. The van der Waals surface area contributed by atoms with E-state index >= 15 is 0 Å². The van der Waals surface area contributed by atoms with Gasteiger partial charge in [0.25, 0.3) is 0 Å². The van der Waals surface area contributed by atoms with E-state index in [4.69, 9.17) is 9.47 Å². The van der Waals surface area contributed by atoms with Gasteiger partial charge < -0.3 is 14.8 Å². The van der Waals surface area contributed by atoms with Crippen molar-refractivity contribution in [1.29, 1.82) is 0 Å². The molecule has 0 bridgehead atoms. The van der Waals surface area contributed by atoms with Gasteiger partial charge in [-0.25, -0.2) is 4.39 Å². The van der Waals surface area contributed by atoms with Crippen molar-refractivity contribution in [3.05, 3.63) is 29.6 Å². The molecule has 100 valence electrons. The number of hydrogen-bond acceptors (Lipinski definition) is 4. The Morgan fingerprint density at radius 1 is 1.50 bits per heavy atom. The van der Waals surface area contributed by atoms with E-state index in [1.807, 2.05) is 0 Å². The molecular weight excluding hydrogens is 237 g/mol. The Bertz CT molecular complexity index is 409. The standard InChI is InChI=1S/C13H18FNO3/c1-4-17-13(16)11(15-3)8-18-12-6-5-10(14)7-9(12)2/h5-7,11,15H,4,8H2,1-3H3. The van der Waals surface area contributed by atoms with Crippen molar-refractivity contribution >= 4 is 5.97 Å². The summed E-state index contributed by atoms with van der Waals surface area (Å²) in [5.41, 5.74) is 0.689. The summed E-state index contributed by atoms with van der Waals surface area (Å²) in [5, 5.41) is 2.81. The average molecular weight is 255 g/mol. The van der Waals surface area contributed by atoms with Crippen LogP contribution in [0.5, 0.6) is 5.75 Å². The summed E-state index contributed by atoms with van der Waals surface area (Å²) < 4.78 is 23.3. The van der Waals surface area contributed by atoms with Crippen molar-refractivity contribution in [2.45, 2.75) is 19.9 Å². The number of benzene rings is 1. The minimum absolute atomic E-state index is 0.141. The highest BCUT2D eigenvalue weighted by Gasteiger charge is 2.18. The summed E-state index contributed by atoms with van der Waals surface area (Å²) in [7, 11) is 1.66. The number of carbonyl (C=O) groups is 1. The SMILES string of the molecule is CCOC(=O)C(COc1ccc(F)cc1C)NC.